The SMILES string of the molecule is CN(c1cc(N(CC(=O)OC(C)(C)C)S(=O)(=O)c2cc(Cl)cc(Cl)c2)c2ccccc2c1)S(=O)(=O)c1ccccc1. The van der Waals surface area contributed by atoms with Crippen LogP contribution in [0.4, 0.5) is 11.4 Å². The Hall–Kier alpha value is -3.31. The molecule has 0 radical (unpaired) electrons. The molecule has 0 heterocycles. The van der Waals surface area contributed by atoms with E-state index in [2.05, 4.69) is 0 Å². The number of carbonyl (C=O) groups is 1. The van der Waals surface area contributed by atoms with Crippen LogP contribution in [-0.2, 0) is 29.6 Å². The molecule has 41 heavy (non-hydrogen) atoms. The van der Waals surface area contributed by atoms with Gasteiger partial charge in [0, 0.05) is 22.5 Å². The van der Waals surface area contributed by atoms with Crippen molar-refractivity contribution in [3.8, 4) is 0 Å². The van der Waals surface area contributed by atoms with E-state index in [9.17, 15) is 21.6 Å². The number of benzene rings is 4. The van der Waals surface area contributed by atoms with E-state index in [0.29, 0.717) is 10.8 Å². The summed E-state index contributed by atoms with van der Waals surface area (Å²) in [5.41, 5.74) is -0.647. The molecule has 4 rings (SSSR count). The molecule has 0 N–H and O–H groups in total. The lowest BCUT2D eigenvalue weighted by atomic mass is 10.1. The van der Waals surface area contributed by atoms with Gasteiger partial charge >= 0.3 is 5.97 Å². The van der Waals surface area contributed by atoms with Crippen LogP contribution in [0.5, 0.6) is 0 Å². The molecular formula is C29H28Cl2N2O6S2. The quantitative estimate of drug-likeness (QED) is 0.205. The zero-order valence-electron chi connectivity index (χ0n) is 22.7. The summed E-state index contributed by atoms with van der Waals surface area (Å²) in [5.74, 6) is -0.811. The molecule has 216 valence electrons. The van der Waals surface area contributed by atoms with Gasteiger partial charge in [0.15, 0.2) is 0 Å². The number of sulfonamides is 2. The zero-order chi connectivity index (χ0) is 30.2. The number of hydrogen-bond acceptors (Lipinski definition) is 6. The molecule has 12 heteroatoms. The van der Waals surface area contributed by atoms with Gasteiger partial charge in [0.05, 0.1) is 21.2 Å². The van der Waals surface area contributed by atoms with Crippen molar-refractivity contribution in [3.05, 3.63) is 95.0 Å². The van der Waals surface area contributed by atoms with E-state index in [0.717, 1.165) is 8.61 Å². The Balaban J connectivity index is 1.96. The third-order valence-corrected chi connectivity index (χ3v) is 9.95. The highest BCUT2D eigenvalue weighted by molar-refractivity contribution is 7.93. The van der Waals surface area contributed by atoms with Crippen molar-refractivity contribution in [1.29, 1.82) is 0 Å². The van der Waals surface area contributed by atoms with Crippen LogP contribution in [-0.4, -0.2) is 42.0 Å². The van der Waals surface area contributed by atoms with Crippen molar-refractivity contribution in [1.82, 2.24) is 0 Å². The number of halogens is 2. The van der Waals surface area contributed by atoms with E-state index in [1.54, 1.807) is 69.3 Å². The summed E-state index contributed by atoms with van der Waals surface area (Å²) in [6.07, 6.45) is 0. The number of ether oxygens (including phenoxy) is 1. The van der Waals surface area contributed by atoms with Gasteiger partial charge < -0.3 is 4.74 Å². The fraction of sp³-hybridized carbons (Fsp3) is 0.207. The Morgan fingerprint density at radius 2 is 1.37 bits per heavy atom. The molecule has 0 unspecified atom stereocenters. The number of nitrogens with zero attached hydrogens (tertiary/aromatic N) is 2. The average molecular weight is 636 g/mol. The Labute approximate surface area is 250 Å². The van der Waals surface area contributed by atoms with Crippen LogP contribution in [0.15, 0.2) is 94.7 Å². The van der Waals surface area contributed by atoms with Gasteiger partial charge in [-0.3, -0.25) is 13.4 Å². The summed E-state index contributed by atoms with van der Waals surface area (Å²) < 4.78 is 62.7. The third kappa shape index (κ3) is 6.78. The van der Waals surface area contributed by atoms with Gasteiger partial charge in [-0.1, -0.05) is 65.7 Å². The Morgan fingerprint density at radius 1 is 0.780 bits per heavy atom. The number of fused-ring (bicyclic) bond motifs is 1. The molecule has 0 bridgehead atoms. The van der Waals surface area contributed by atoms with Gasteiger partial charge in [-0.05, 0) is 68.6 Å². The second kappa shape index (κ2) is 11.5. The van der Waals surface area contributed by atoms with Crippen LogP contribution in [0.25, 0.3) is 10.8 Å². The first-order chi connectivity index (χ1) is 19.1. The predicted octanol–water partition coefficient (Wildman–Crippen LogP) is 6.51. The summed E-state index contributed by atoms with van der Waals surface area (Å²) in [7, 11) is -7.11. The van der Waals surface area contributed by atoms with Gasteiger partial charge in [-0.15, -0.1) is 0 Å². The van der Waals surface area contributed by atoms with E-state index < -0.39 is 38.2 Å². The molecule has 0 aliphatic rings. The first-order valence-electron chi connectivity index (χ1n) is 12.4. The molecular weight excluding hydrogens is 607 g/mol. The fourth-order valence-electron chi connectivity index (χ4n) is 4.15. The minimum atomic E-state index is -4.48. The van der Waals surface area contributed by atoms with E-state index in [1.807, 2.05) is 0 Å². The number of esters is 1. The van der Waals surface area contributed by atoms with Gasteiger partial charge in [0.25, 0.3) is 20.0 Å². The third-order valence-electron chi connectivity index (χ3n) is 5.98. The van der Waals surface area contributed by atoms with Gasteiger partial charge in [-0.25, -0.2) is 16.8 Å². The molecule has 0 atom stereocenters. The minimum Gasteiger partial charge on any atom is -0.459 e. The molecule has 4 aromatic carbocycles. The average Bonchev–Trinajstić information content (AvgIpc) is 2.89. The maximum absolute atomic E-state index is 14.2. The highest BCUT2D eigenvalue weighted by Crippen LogP contribution is 2.37. The van der Waals surface area contributed by atoms with Crippen molar-refractivity contribution in [2.75, 3.05) is 22.2 Å². The highest BCUT2D eigenvalue weighted by atomic mass is 35.5. The monoisotopic (exact) mass is 634 g/mol. The molecule has 0 aromatic heterocycles. The molecule has 0 aliphatic heterocycles. The van der Waals surface area contributed by atoms with E-state index in [4.69, 9.17) is 27.9 Å². The van der Waals surface area contributed by atoms with Gasteiger partial charge in [0.1, 0.15) is 12.1 Å². The van der Waals surface area contributed by atoms with E-state index in [1.165, 1.54) is 43.4 Å². The lowest BCUT2D eigenvalue weighted by Crippen LogP contribution is -2.39. The standard InChI is InChI=1S/C29H28Cl2N2O6S2/c1-29(2,3)39-28(34)19-33(41(37,38)25-16-21(30)15-22(31)17-25)27-18-23(14-20-10-8-9-13-26(20)27)32(4)40(35,36)24-11-6-5-7-12-24/h5-18H,19H2,1-4H3. The minimum absolute atomic E-state index is 0.0593. The van der Waals surface area contributed by atoms with E-state index in [-0.39, 0.29) is 31.2 Å². The van der Waals surface area contributed by atoms with Crippen LogP contribution in [0.1, 0.15) is 20.8 Å². The smallest absolute Gasteiger partial charge is 0.327 e. The molecule has 0 saturated heterocycles. The molecule has 4 aromatic rings. The summed E-state index contributed by atoms with van der Waals surface area (Å²) >= 11 is 12.3. The predicted molar refractivity (Wildman–Crippen MR) is 163 cm³/mol. The maximum atomic E-state index is 14.2. The molecule has 8 nitrogen and oxygen atoms in total. The molecule has 0 aliphatic carbocycles. The first kappa shape index (κ1) is 30.6. The largest absolute Gasteiger partial charge is 0.459 e. The second-order valence-corrected chi connectivity index (χ2v) is 14.9. The van der Waals surface area contributed by atoms with Crippen LogP contribution in [0.3, 0.4) is 0 Å². The van der Waals surface area contributed by atoms with Crippen molar-refractivity contribution >= 4 is 71.4 Å². The summed E-state index contributed by atoms with van der Waals surface area (Å²) in [6.45, 7) is 4.30. The molecule has 0 fully saturated rings. The summed E-state index contributed by atoms with van der Waals surface area (Å²) in [5, 5.41) is 1.17. The maximum Gasteiger partial charge on any atom is 0.327 e. The normalized spacial score (nSPS) is 12.2. The van der Waals surface area contributed by atoms with E-state index >= 15 is 0 Å². The molecule has 0 amide bonds. The highest BCUT2D eigenvalue weighted by Gasteiger charge is 2.32. The molecule has 0 spiro atoms. The van der Waals surface area contributed by atoms with Crippen LogP contribution >= 0.6 is 23.2 Å². The number of rotatable bonds is 8. The van der Waals surface area contributed by atoms with Crippen molar-refractivity contribution in [2.24, 2.45) is 0 Å². The lowest BCUT2D eigenvalue weighted by Gasteiger charge is -2.29. The topological polar surface area (TPSA) is 101 Å². The van der Waals surface area contributed by atoms with Gasteiger partial charge in [0.2, 0.25) is 0 Å². The Morgan fingerprint density at radius 3 is 1.98 bits per heavy atom. The Bertz CT molecular complexity index is 1800. The number of anilines is 2. The summed E-state index contributed by atoms with van der Waals surface area (Å²) in [6, 6.07) is 21.6. The number of hydrogen-bond donors (Lipinski definition) is 0. The molecule has 0 saturated carbocycles. The fourth-order valence-corrected chi connectivity index (χ4v) is 7.50. The van der Waals surface area contributed by atoms with Crippen molar-refractivity contribution in [3.63, 3.8) is 0 Å². The van der Waals surface area contributed by atoms with Crippen LogP contribution in [0.2, 0.25) is 10.0 Å². The van der Waals surface area contributed by atoms with Gasteiger partial charge in [-0.2, -0.15) is 0 Å². The van der Waals surface area contributed by atoms with Crippen molar-refractivity contribution < 1.29 is 26.4 Å². The Kier molecular flexibility index (Phi) is 8.61. The zero-order valence-corrected chi connectivity index (χ0v) is 25.9. The number of carbonyl (C=O) groups excluding carboxylic acids is 1. The van der Waals surface area contributed by atoms with Crippen LogP contribution < -0.4 is 8.61 Å². The van der Waals surface area contributed by atoms with Crippen LogP contribution in [0, 0.1) is 0 Å². The van der Waals surface area contributed by atoms with Crippen molar-refractivity contribution in [2.45, 2.75) is 36.2 Å². The lowest BCUT2D eigenvalue weighted by molar-refractivity contribution is -0.152. The first-order valence-corrected chi connectivity index (χ1v) is 16.0. The second-order valence-electron chi connectivity index (χ2n) is 10.2. The summed E-state index contributed by atoms with van der Waals surface area (Å²) in [4.78, 5) is 12.9.